The van der Waals surface area contributed by atoms with Gasteiger partial charge in [-0.15, -0.1) is 0 Å². The van der Waals surface area contributed by atoms with E-state index in [1.807, 2.05) is 25.1 Å². The summed E-state index contributed by atoms with van der Waals surface area (Å²) in [5.74, 6) is 1.42. The quantitative estimate of drug-likeness (QED) is 0.753. The van der Waals surface area contributed by atoms with Crippen molar-refractivity contribution in [2.24, 2.45) is 0 Å². The smallest absolute Gasteiger partial charge is 0.409 e. The van der Waals surface area contributed by atoms with E-state index in [2.05, 4.69) is 5.32 Å². The summed E-state index contributed by atoms with van der Waals surface area (Å²) in [6, 6.07) is 5.85. The summed E-state index contributed by atoms with van der Waals surface area (Å²) >= 11 is 0. The number of aryl methyl sites for hydroxylation is 1. The third-order valence-corrected chi connectivity index (χ3v) is 4.55. The minimum Gasteiger partial charge on any atom is -0.493 e. The molecule has 1 aliphatic heterocycles. The van der Waals surface area contributed by atoms with E-state index < -0.39 is 0 Å². The van der Waals surface area contributed by atoms with Crippen LogP contribution in [0.1, 0.15) is 38.7 Å². The van der Waals surface area contributed by atoms with Gasteiger partial charge in [-0.2, -0.15) is 0 Å². The van der Waals surface area contributed by atoms with Gasteiger partial charge < -0.3 is 24.4 Å². The van der Waals surface area contributed by atoms with E-state index in [0.717, 1.165) is 18.4 Å². The summed E-state index contributed by atoms with van der Waals surface area (Å²) in [5.41, 5.74) is 1.03. The molecule has 0 aliphatic carbocycles. The Kier molecular flexibility index (Phi) is 8.23. The molecule has 7 heteroatoms. The first kappa shape index (κ1) is 20.9. The number of carbonyl (C=O) groups excluding carboxylic acids is 2. The van der Waals surface area contributed by atoms with E-state index in [4.69, 9.17) is 14.2 Å². The minimum atomic E-state index is -0.272. The Morgan fingerprint density at radius 2 is 1.89 bits per heavy atom. The van der Waals surface area contributed by atoms with Crippen LogP contribution in [0.15, 0.2) is 18.2 Å². The summed E-state index contributed by atoms with van der Waals surface area (Å²) in [6.07, 6.45) is 2.28. The lowest BCUT2D eigenvalue weighted by Gasteiger charge is -2.31. The van der Waals surface area contributed by atoms with Crippen molar-refractivity contribution in [1.82, 2.24) is 10.2 Å². The van der Waals surface area contributed by atoms with Gasteiger partial charge in [0, 0.05) is 25.6 Å². The average molecular weight is 378 g/mol. The van der Waals surface area contributed by atoms with Gasteiger partial charge in [0.2, 0.25) is 5.91 Å². The zero-order valence-electron chi connectivity index (χ0n) is 16.5. The molecular weight excluding hydrogens is 348 g/mol. The highest BCUT2D eigenvalue weighted by atomic mass is 16.6. The van der Waals surface area contributed by atoms with Crippen LogP contribution >= 0.6 is 0 Å². The molecule has 0 bridgehead atoms. The van der Waals surface area contributed by atoms with Crippen molar-refractivity contribution in [1.29, 1.82) is 0 Å². The maximum Gasteiger partial charge on any atom is 0.409 e. The number of rotatable bonds is 8. The van der Waals surface area contributed by atoms with Gasteiger partial charge in [0.15, 0.2) is 11.5 Å². The Morgan fingerprint density at radius 3 is 2.52 bits per heavy atom. The van der Waals surface area contributed by atoms with E-state index in [0.29, 0.717) is 50.6 Å². The van der Waals surface area contributed by atoms with Crippen LogP contribution in [-0.4, -0.2) is 56.4 Å². The molecule has 1 saturated heterocycles. The van der Waals surface area contributed by atoms with Gasteiger partial charge in [-0.05, 0) is 50.8 Å². The number of methoxy groups -OCH3 is 1. The van der Waals surface area contributed by atoms with Crippen LogP contribution in [0.4, 0.5) is 4.79 Å². The maximum absolute atomic E-state index is 12.3. The van der Waals surface area contributed by atoms with Crippen molar-refractivity contribution < 1.29 is 23.8 Å². The van der Waals surface area contributed by atoms with E-state index in [-0.39, 0.29) is 18.0 Å². The molecule has 0 saturated carbocycles. The van der Waals surface area contributed by atoms with Gasteiger partial charge in [0.25, 0.3) is 0 Å². The summed E-state index contributed by atoms with van der Waals surface area (Å²) < 4.78 is 15.9. The Balaban J connectivity index is 1.76. The van der Waals surface area contributed by atoms with Crippen LogP contribution in [0.2, 0.25) is 0 Å². The first-order valence-corrected chi connectivity index (χ1v) is 9.58. The number of nitrogens with zero attached hydrogens (tertiary/aromatic N) is 1. The second-order valence-electron chi connectivity index (χ2n) is 6.45. The third kappa shape index (κ3) is 6.34. The Labute approximate surface area is 161 Å². The van der Waals surface area contributed by atoms with E-state index in [9.17, 15) is 9.59 Å². The molecule has 1 fully saturated rings. The highest BCUT2D eigenvalue weighted by molar-refractivity contribution is 5.76. The first-order chi connectivity index (χ1) is 13.1. The predicted molar refractivity (Wildman–Crippen MR) is 102 cm³/mol. The molecule has 0 atom stereocenters. The Morgan fingerprint density at radius 1 is 1.15 bits per heavy atom. The molecule has 1 N–H and O–H groups in total. The zero-order valence-corrected chi connectivity index (χ0v) is 16.5. The molecule has 1 aliphatic rings. The minimum absolute atomic E-state index is 0.0254. The van der Waals surface area contributed by atoms with Gasteiger partial charge in [0.05, 0.1) is 20.3 Å². The van der Waals surface area contributed by atoms with E-state index in [1.165, 1.54) is 0 Å². The van der Waals surface area contributed by atoms with Gasteiger partial charge in [-0.1, -0.05) is 6.07 Å². The first-order valence-electron chi connectivity index (χ1n) is 9.58. The lowest BCUT2D eigenvalue weighted by atomic mass is 10.0. The molecular formula is C20H30N2O5. The standard InChI is InChI=1S/C20H30N2O5/c1-4-26-17-8-6-15(14-18(17)25-3)7-9-19(23)21-16-10-12-22(13-11-16)20(24)27-5-2/h6,8,14,16H,4-5,7,9-13H2,1-3H3,(H,21,23). The number of ether oxygens (including phenoxy) is 3. The molecule has 0 aromatic heterocycles. The topological polar surface area (TPSA) is 77.1 Å². The van der Waals surface area contributed by atoms with Crippen molar-refractivity contribution in [3.63, 3.8) is 0 Å². The van der Waals surface area contributed by atoms with Crippen LogP contribution in [0.5, 0.6) is 11.5 Å². The van der Waals surface area contributed by atoms with Crippen molar-refractivity contribution in [3.8, 4) is 11.5 Å². The van der Waals surface area contributed by atoms with E-state index >= 15 is 0 Å². The Bertz CT molecular complexity index is 627. The fourth-order valence-corrected chi connectivity index (χ4v) is 3.12. The van der Waals surface area contributed by atoms with Crippen LogP contribution in [0, 0.1) is 0 Å². The largest absolute Gasteiger partial charge is 0.493 e. The zero-order chi connectivity index (χ0) is 19.6. The van der Waals surface area contributed by atoms with Crippen molar-refractivity contribution in [2.75, 3.05) is 33.4 Å². The summed E-state index contributed by atoms with van der Waals surface area (Å²) in [5, 5.41) is 3.07. The van der Waals surface area contributed by atoms with Crippen molar-refractivity contribution in [2.45, 2.75) is 45.6 Å². The molecule has 1 heterocycles. The fraction of sp³-hybridized carbons (Fsp3) is 0.600. The molecule has 1 aromatic rings. The maximum atomic E-state index is 12.3. The number of benzene rings is 1. The second kappa shape index (κ2) is 10.6. The highest BCUT2D eigenvalue weighted by Crippen LogP contribution is 2.28. The van der Waals surface area contributed by atoms with E-state index in [1.54, 1.807) is 18.9 Å². The number of nitrogens with one attached hydrogen (secondary N) is 1. The lowest BCUT2D eigenvalue weighted by Crippen LogP contribution is -2.46. The van der Waals surface area contributed by atoms with Gasteiger partial charge in [-0.25, -0.2) is 4.79 Å². The van der Waals surface area contributed by atoms with Crippen LogP contribution in [-0.2, 0) is 16.0 Å². The fourth-order valence-electron chi connectivity index (χ4n) is 3.12. The van der Waals surface area contributed by atoms with Crippen LogP contribution in [0.3, 0.4) is 0 Å². The molecule has 2 amide bonds. The normalized spacial score (nSPS) is 14.6. The molecule has 1 aromatic carbocycles. The number of hydrogen-bond donors (Lipinski definition) is 1. The van der Waals surface area contributed by atoms with Gasteiger partial charge >= 0.3 is 6.09 Å². The number of likely N-dealkylation sites (tertiary alicyclic amines) is 1. The number of carbonyl (C=O) groups is 2. The third-order valence-electron chi connectivity index (χ3n) is 4.55. The molecule has 0 spiro atoms. The van der Waals surface area contributed by atoms with Gasteiger partial charge in [0.1, 0.15) is 0 Å². The van der Waals surface area contributed by atoms with Crippen LogP contribution < -0.4 is 14.8 Å². The molecule has 0 unspecified atom stereocenters. The average Bonchev–Trinajstić information content (AvgIpc) is 2.68. The molecule has 27 heavy (non-hydrogen) atoms. The number of amides is 2. The predicted octanol–water partition coefficient (Wildman–Crippen LogP) is 2.76. The molecule has 150 valence electrons. The SMILES string of the molecule is CCOC(=O)N1CCC(NC(=O)CCc2ccc(OCC)c(OC)c2)CC1. The number of piperidine rings is 1. The second-order valence-corrected chi connectivity index (χ2v) is 6.45. The van der Waals surface area contributed by atoms with Crippen molar-refractivity contribution >= 4 is 12.0 Å². The molecule has 2 rings (SSSR count). The molecule has 0 radical (unpaired) electrons. The monoisotopic (exact) mass is 378 g/mol. The number of hydrogen-bond acceptors (Lipinski definition) is 5. The summed E-state index contributed by atoms with van der Waals surface area (Å²) in [6.45, 7) is 5.90. The molecule has 7 nitrogen and oxygen atoms in total. The van der Waals surface area contributed by atoms with Gasteiger partial charge in [-0.3, -0.25) is 4.79 Å². The Hall–Kier alpha value is -2.44. The highest BCUT2D eigenvalue weighted by Gasteiger charge is 2.24. The van der Waals surface area contributed by atoms with Crippen LogP contribution in [0.25, 0.3) is 0 Å². The lowest BCUT2D eigenvalue weighted by molar-refractivity contribution is -0.122. The summed E-state index contributed by atoms with van der Waals surface area (Å²) in [7, 11) is 1.61. The summed E-state index contributed by atoms with van der Waals surface area (Å²) in [4.78, 5) is 25.6. The van der Waals surface area contributed by atoms with Crippen molar-refractivity contribution in [3.05, 3.63) is 23.8 Å².